The molecule has 0 atom stereocenters. The third kappa shape index (κ3) is 3.40. The summed E-state index contributed by atoms with van der Waals surface area (Å²) in [4.78, 5) is 10.1. The summed E-state index contributed by atoms with van der Waals surface area (Å²) >= 11 is 0. The van der Waals surface area contributed by atoms with Gasteiger partial charge in [0.25, 0.3) is 0 Å². The lowest BCUT2D eigenvalue weighted by Gasteiger charge is -2.21. The minimum Gasteiger partial charge on any atom is -0.303 e. The van der Waals surface area contributed by atoms with E-state index in [-0.39, 0.29) is 11.0 Å². The van der Waals surface area contributed by atoms with Crippen LogP contribution >= 0.6 is 0 Å². The molecule has 1 fully saturated rings. The molecule has 1 rings (SSSR count). The van der Waals surface area contributed by atoms with Gasteiger partial charge in [-0.3, -0.25) is 0 Å². The van der Waals surface area contributed by atoms with Gasteiger partial charge < -0.3 is 4.79 Å². The van der Waals surface area contributed by atoms with Crippen molar-refractivity contribution in [1.82, 2.24) is 0 Å². The Kier molecular flexibility index (Phi) is 4.58. The zero-order valence-corrected chi connectivity index (χ0v) is 9.26. The molecule has 0 aromatic carbocycles. The van der Waals surface area contributed by atoms with Crippen LogP contribution in [0.4, 0.5) is 0 Å². The number of sulfone groups is 1. The van der Waals surface area contributed by atoms with Gasteiger partial charge in [0.05, 0.1) is 11.0 Å². The molecule has 1 aliphatic carbocycles. The predicted octanol–water partition coefficient (Wildman–Crippen LogP) is 1.71. The first-order valence-electron chi connectivity index (χ1n) is 5.32. The van der Waals surface area contributed by atoms with E-state index in [0.717, 1.165) is 32.0 Å². The summed E-state index contributed by atoms with van der Waals surface area (Å²) in [5.74, 6) is 0.191. The second-order valence-corrected chi connectivity index (χ2v) is 6.34. The van der Waals surface area contributed by atoms with Crippen molar-refractivity contribution in [2.75, 3.05) is 5.75 Å². The monoisotopic (exact) mass is 218 g/mol. The molecule has 1 aliphatic rings. The first kappa shape index (κ1) is 11.7. The normalized spacial score (nSPS) is 19.4. The minimum absolute atomic E-state index is 0.122. The van der Waals surface area contributed by atoms with Crippen molar-refractivity contribution in [3.8, 4) is 0 Å². The molecule has 0 amide bonds. The van der Waals surface area contributed by atoms with Crippen LogP contribution in [0.2, 0.25) is 0 Å². The molecule has 0 aromatic heterocycles. The van der Waals surface area contributed by atoms with E-state index in [1.807, 2.05) is 0 Å². The minimum atomic E-state index is -2.91. The summed E-state index contributed by atoms with van der Waals surface area (Å²) in [6, 6.07) is 0. The molecular weight excluding hydrogens is 200 g/mol. The van der Waals surface area contributed by atoms with Crippen LogP contribution in [0.5, 0.6) is 0 Å². The average molecular weight is 218 g/mol. The lowest BCUT2D eigenvalue weighted by atomic mass is 10.0. The predicted molar refractivity (Wildman–Crippen MR) is 56.0 cm³/mol. The fourth-order valence-corrected chi connectivity index (χ4v) is 3.91. The van der Waals surface area contributed by atoms with Crippen LogP contribution in [0.25, 0.3) is 0 Å². The van der Waals surface area contributed by atoms with Gasteiger partial charge in [-0.1, -0.05) is 19.3 Å². The molecule has 0 N–H and O–H groups in total. The first-order chi connectivity index (χ1) is 6.67. The Morgan fingerprint density at radius 3 is 2.36 bits per heavy atom. The van der Waals surface area contributed by atoms with Crippen LogP contribution in [0.15, 0.2) is 0 Å². The zero-order valence-electron chi connectivity index (χ0n) is 8.44. The summed E-state index contributed by atoms with van der Waals surface area (Å²) < 4.78 is 23.5. The number of unbranched alkanes of at least 4 members (excludes halogenated alkanes) is 1. The molecule has 0 aliphatic heterocycles. The molecule has 0 saturated heterocycles. The van der Waals surface area contributed by atoms with Crippen LogP contribution in [-0.2, 0) is 14.6 Å². The third-order valence-corrected chi connectivity index (χ3v) is 5.16. The summed E-state index contributed by atoms with van der Waals surface area (Å²) in [7, 11) is -2.91. The Labute approximate surface area is 85.8 Å². The molecule has 0 bridgehead atoms. The number of carbonyl (C=O) groups excluding carboxylic acids is 1. The van der Waals surface area contributed by atoms with Gasteiger partial charge in [0, 0.05) is 6.42 Å². The zero-order chi connectivity index (χ0) is 10.4. The second-order valence-electron chi connectivity index (χ2n) is 3.94. The van der Waals surface area contributed by atoms with E-state index < -0.39 is 9.84 Å². The molecule has 0 radical (unpaired) electrons. The highest BCUT2D eigenvalue weighted by Gasteiger charge is 2.26. The molecule has 0 spiro atoms. The number of aldehydes is 1. The van der Waals surface area contributed by atoms with E-state index in [4.69, 9.17) is 0 Å². The molecule has 0 aromatic rings. The van der Waals surface area contributed by atoms with Crippen LogP contribution in [0.1, 0.15) is 44.9 Å². The second kappa shape index (κ2) is 5.49. The SMILES string of the molecule is O=CCCCS(=O)(=O)C1CCCCC1. The van der Waals surface area contributed by atoms with Crippen molar-refractivity contribution >= 4 is 16.1 Å². The summed E-state index contributed by atoms with van der Waals surface area (Å²) in [6.45, 7) is 0. The van der Waals surface area contributed by atoms with Crippen LogP contribution < -0.4 is 0 Å². The highest BCUT2D eigenvalue weighted by molar-refractivity contribution is 7.92. The Hall–Kier alpha value is -0.380. The molecule has 14 heavy (non-hydrogen) atoms. The van der Waals surface area contributed by atoms with Crippen LogP contribution in [0.3, 0.4) is 0 Å². The maximum absolute atomic E-state index is 11.7. The van der Waals surface area contributed by atoms with Crippen LogP contribution in [-0.4, -0.2) is 25.7 Å². The third-order valence-electron chi connectivity index (χ3n) is 2.81. The van der Waals surface area contributed by atoms with Gasteiger partial charge in [0.2, 0.25) is 0 Å². The van der Waals surface area contributed by atoms with E-state index in [0.29, 0.717) is 12.8 Å². The quantitative estimate of drug-likeness (QED) is 0.521. The van der Waals surface area contributed by atoms with Crippen molar-refractivity contribution in [3.63, 3.8) is 0 Å². The van der Waals surface area contributed by atoms with Gasteiger partial charge in [-0.25, -0.2) is 8.42 Å². The van der Waals surface area contributed by atoms with Crippen LogP contribution in [0, 0.1) is 0 Å². The molecule has 82 valence electrons. The Bertz CT molecular complexity index is 263. The summed E-state index contributed by atoms with van der Waals surface area (Å²) in [5.41, 5.74) is 0. The molecule has 0 heterocycles. The van der Waals surface area contributed by atoms with Gasteiger partial charge in [0.1, 0.15) is 6.29 Å². The maximum atomic E-state index is 11.7. The largest absolute Gasteiger partial charge is 0.303 e. The van der Waals surface area contributed by atoms with Crippen molar-refractivity contribution in [2.24, 2.45) is 0 Å². The van der Waals surface area contributed by atoms with Gasteiger partial charge in [-0.05, 0) is 19.3 Å². The number of rotatable bonds is 5. The molecular formula is C10H18O3S. The lowest BCUT2D eigenvalue weighted by molar-refractivity contribution is -0.107. The molecule has 3 nitrogen and oxygen atoms in total. The van der Waals surface area contributed by atoms with Gasteiger partial charge in [-0.15, -0.1) is 0 Å². The number of hydrogen-bond donors (Lipinski definition) is 0. The Morgan fingerprint density at radius 1 is 1.14 bits per heavy atom. The van der Waals surface area contributed by atoms with Crippen molar-refractivity contribution < 1.29 is 13.2 Å². The molecule has 4 heteroatoms. The average Bonchev–Trinajstić information content (AvgIpc) is 2.19. The number of hydrogen-bond acceptors (Lipinski definition) is 3. The topological polar surface area (TPSA) is 51.2 Å². The first-order valence-corrected chi connectivity index (χ1v) is 7.03. The van der Waals surface area contributed by atoms with E-state index in [9.17, 15) is 13.2 Å². The highest BCUT2D eigenvalue weighted by atomic mass is 32.2. The Morgan fingerprint density at radius 2 is 1.79 bits per heavy atom. The van der Waals surface area contributed by atoms with Crippen molar-refractivity contribution in [3.05, 3.63) is 0 Å². The fourth-order valence-electron chi connectivity index (χ4n) is 1.96. The Balaban J connectivity index is 2.42. The van der Waals surface area contributed by atoms with Crippen molar-refractivity contribution in [2.45, 2.75) is 50.2 Å². The molecule has 1 saturated carbocycles. The molecule has 0 unspecified atom stereocenters. The number of carbonyl (C=O) groups is 1. The highest BCUT2D eigenvalue weighted by Crippen LogP contribution is 2.24. The van der Waals surface area contributed by atoms with Crippen molar-refractivity contribution in [1.29, 1.82) is 0 Å². The summed E-state index contributed by atoms with van der Waals surface area (Å²) in [6.07, 6.45) is 6.53. The maximum Gasteiger partial charge on any atom is 0.153 e. The standard InChI is InChI=1S/C10H18O3S/c11-8-4-5-9-14(12,13)10-6-2-1-3-7-10/h8,10H,1-7,9H2. The smallest absolute Gasteiger partial charge is 0.153 e. The summed E-state index contributed by atoms with van der Waals surface area (Å²) in [5, 5.41) is -0.122. The van der Waals surface area contributed by atoms with Gasteiger partial charge in [-0.2, -0.15) is 0 Å². The van der Waals surface area contributed by atoms with Gasteiger partial charge >= 0.3 is 0 Å². The van der Waals surface area contributed by atoms with E-state index in [2.05, 4.69) is 0 Å². The lowest BCUT2D eigenvalue weighted by Crippen LogP contribution is -2.26. The van der Waals surface area contributed by atoms with E-state index in [1.54, 1.807) is 0 Å². The van der Waals surface area contributed by atoms with E-state index >= 15 is 0 Å². The van der Waals surface area contributed by atoms with E-state index in [1.165, 1.54) is 6.42 Å². The fraction of sp³-hybridized carbons (Fsp3) is 0.900. The van der Waals surface area contributed by atoms with Gasteiger partial charge in [0.15, 0.2) is 9.84 Å².